The van der Waals surface area contributed by atoms with E-state index in [-0.39, 0.29) is 28.0 Å². The normalized spacial score (nSPS) is 25.5. The average molecular weight is 511 g/mol. The van der Waals surface area contributed by atoms with Crippen LogP contribution in [-0.2, 0) is 25.5 Å². The van der Waals surface area contributed by atoms with Crippen molar-refractivity contribution in [1.29, 1.82) is 0 Å². The van der Waals surface area contributed by atoms with Crippen molar-refractivity contribution in [2.45, 2.75) is 42.4 Å². The maximum absolute atomic E-state index is 13.2. The number of carbonyl (C=O) groups is 2. The van der Waals surface area contributed by atoms with Gasteiger partial charge in [-0.25, -0.2) is 19.0 Å². The number of rotatable bonds is 8. The van der Waals surface area contributed by atoms with E-state index in [1.54, 1.807) is 0 Å². The number of nitrogens with two attached hydrogens (primary N) is 1. The zero-order chi connectivity index (χ0) is 25.5. The Hall–Kier alpha value is -3.23. The lowest BCUT2D eigenvalue weighted by Gasteiger charge is -2.27. The van der Waals surface area contributed by atoms with E-state index in [0.29, 0.717) is 0 Å². The fraction of sp³-hybridized carbons (Fsp3) is 0.381. The third-order valence-corrected chi connectivity index (χ3v) is 6.06. The molecule has 2 aliphatic heterocycles. The van der Waals surface area contributed by atoms with Crippen LogP contribution < -0.4 is 5.73 Å². The molecule has 2 aliphatic rings. The summed E-state index contributed by atoms with van der Waals surface area (Å²) < 4.78 is 24.3. The topological polar surface area (TPSA) is 198 Å². The predicted octanol–water partition coefficient (Wildman–Crippen LogP) is 0.307. The Morgan fingerprint density at radius 2 is 1.80 bits per heavy atom. The van der Waals surface area contributed by atoms with Gasteiger partial charge in [0.05, 0.1) is 18.2 Å². The third-order valence-electron chi connectivity index (χ3n) is 5.90. The highest BCUT2D eigenvalue weighted by molar-refractivity contribution is 6.28. The fourth-order valence-electron chi connectivity index (χ4n) is 4.03. The van der Waals surface area contributed by atoms with Crippen LogP contribution >= 0.6 is 11.6 Å². The number of aliphatic carboxylic acids is 2. The number of hydrogen-bond donors (Lipinski definition) is 5. The molecular formula is C21H20ClFN4O8. The minimum absolute atomic E-state index is 0.0140. The lowest BCUT2D eigenvalue weighted by molar-refractivity contribution is -0.189. The molecule has 186 valence electrons. The van der Waals surface area contributed by atoms with E-state index in [2.05, 4.69) is 15.0 Å². The number of fused-ring (bicyclic) bond motifs is 1. The molecule has 2 aromatic rings. The molecule has 0 bridgehead atoms. The molecule has 4 rings (SSSR count). The Bertz CT molecular complexity index is 1170. The van der Waals surface area contributed by atoms with E-state index in [1.165, 1.54) is 18.3 Å². The van der Waals surface area contributed by atoms with Crippen LogP contribution in [0.15, 0.2) is 29.3 Å². The molecule has 0 saturated carbocycles. The summed E-state index contributed by atoms with van der Waals surface area (Å²) in [6, 6.07) is 4.57. The Balaban J connectivity index is 1.53. The van der Waals surface area contributed by atoms with Gasteiger partial charge in [0.15, 0.2) is 5.82 Å². The zero-order valence-electron chi connectivity index (χ0n) is 17.8. The van der Waals surface area contributed by atoms with Crippen LogP contribution in [-0.4, -0.2) is 85.2 Å². The first kappa shape index (κ1) is 24.9. The molecule has 12 nitrogen and oxygen atoms in total. The van der Waals surface area contributed by atoms with Gasteiger partial charge in [0.1, 0.15) is 35.9 Å². The highest BCUT2D eigenvalue weighted by atomic mass is 35.5. The lowest BCUT2D eigenvalue weighted by Crippen LogP contribution is -2.52. The van der Waals surface area contributed by atoms with Crippen molar-refractivity contribution < 1.29 is 43.9 Å². The van der Waals surface area contributed by atoms with Crippen LogP contribution in [0.5, 0.6) is 0 Å². The van der Waals surface area contributed by atoms with E-state index in [1.807, 2.05) is 0 Å². The third kappa shape index (κ3) is 4.56. The Morgan fingerprint density at radius 1 is 1.14 bits per heavy atom. The largest absolute Gasteiger partial charge is 0.479 e. The number of nitrogens with zero attached hydrogens (tertiary/aromatic N) is 3. The minimum atomic E-state index is -2.76. The monoisotopic (exact) mass is 510 g/mol. The van der Waals surface area contributed by atoms with Crippen molar-refractivity contribution in [3.05, 3.63) is 46.6 Å². The molecule has 1 aromatic carbocycles. The van der Waals surface area contributed by atoms with Gasteiger partial charge in [0.25, 0.3) is 5.60 Å². The smallest absolute Gasteiger partial charge is 0.348 e. The van der Waals surface area contributed by atoms with Gasteiger partial charge in [-0.05, 0) is 29.3 Å². The number of carboxylic acids is 2. The fourth-order valence-corrected chi connectivity index (χ4v) is 4.22. The van der Waals surface area contributed by atoms with Crippen LogP contribution in [0.25, 0.3) is 0 Å². The number of anilines is 1. The van der Waals surface area contributed by atoms with Crippen molar-refractivity contribution in [3.63, 3.8) is 0 Å². The molecule has 1 unspecified atom stereocenters. The number of nitrogen functional groups attached to an aromatic ring is 1. The number of aliphatic imine (C=N–C) groups is 1. The van der Waals surface area contributed by atoms with Gasteiger partial charge in [-0.2, -0.15) is 4.98 Å². The zero-order valence-corrected chi connectivity index (χ0v) is 18.5. The highest BCUT2D eigenvalue weighted by Crippen LogP contribution is 2.41. The number of aromatic nitrogens is 2. The summed E-state index contributed by atoms with van der Waals surface area (Å²) in [5.74, 6) is -4.96. The number of benzene rings is 1. The van der Waals surface area contributed by atoms with Crippen LogP contribution in [0.1, 0.15) is 17.2 Å². The molecule has 6 N–H and O–H groups in total. The summed E-state index contributed by atoms with van der Waals surface area (Å²) >= 11 is 5.87. The number of aliphatic hydroxyl groups is 2. The molecule has 0 spiro atoms. The average Bonchev–Trinajstić information content (AvgIpc) is 3.33. The van der Waals surface area contributed by atoms with Crippen LogP contribution in [0.3, 0.4) is 0 Å². The molecular weight excluding hydrogens is 491 g/mol. The van der Waals surface area contributed by atoms with Crippen molar-refractivity contribution in [2.24, 2.45) is 4.99 Å². The molecule has 1 fully saturated rings. The van der Waals surface area contributed by atoms with E-state index >= 15 is 0 Å². The van der Waals surface area contributed by atoms with E-state index in [4.69, 9.17) is 26.8 Å². The number of hydrogen-bond acceptors (Lipinski definition) is 10. The molecule has 0 radical (unpaired) electrons. The molecule has 14 heteroatoms. The molecule has 0 aliphatic carbocycles. The molecule has 5 atom stereocenters. The van der Waals surface area contributed by atoms with Gasteiger partial charge in [-0.3, -0.25) is 4.99 Å². The van der Waals surface area contributed by atoms with Gasteiger partial charge in [-0.15, -0.1) is 0 Å². The maximum Gasteiger partial charge on any atom is 0.348 e. The van der Waals surface area contributed by atoms with Crippen LogP contribution in [0.2, 0.25) is 5.28 Å². The van der Waals surface area contributed by atoms with E-state index in [9.17, 15) is 34.4 Å². The van der Waals surface area contributed by atoms with Crippen LogP contribution in [0, 0.1) is 5.82 Å². The standard InChI is InChI=1S/C21H20ClFN4O8/c22-20-26-12-10(6-25-13(12)17(24)27-20)16-15(29)14(28)11(35-16)7-34-21(18(30)31,19(32)33)5-8-1-3-9(23)4-2-8/h1-4,6,10-11,14-16,28-29H,5,7H2,(H,30,31)(H,32,33)(H2,24,26,27)/t10?,11-,14-,15-,16+/m1/s1. The number of carboxylic acid groups (broad SMARTS) is 2. The Morgan fingerprint density at radius 3 is 2.43 bits per heavy atom. The molecule has 35 heavy (non-hydrogen) atoms. The number of halogens is 2. The van der Waals surface area contributed by atoms with Crippen molar-refractivity contribution in [3.8, 4) is 0 Å². The summed E-state index contributed by atoms with van der Waals surface area (Å²) in [5.41, 5.74) is 3.72. The first-order valence-corrected chi connectivity index (χ1v) is 10.6. The maximum atomic E-state index is 13.2. The number of ether oxygens (including phenoxy) is 2. The van der Waals surface area contributed by atoms with Crippen molar-refractivity contribution >= 4 is 41.3 Å². The summed E-state index contributed by atoms with van der Waals surface area (Å²) in [6.45, 7) is -0.697. The summed E-state index contributed by atoms with van der Waals surface area (Å²) in [7, 11) is 0. The van der Waals surface area contributed by atoms with E-state index < -0.39 is 66.7 Å². The predicted molar refractivity (Wildman–Crippen MR) is 117 cm³/mol. The summed E-state index contributed by atoms with van der Waals surface area (Å²) in [6.07, 6.45) is -4.68. The minimum Gasteiger partial charge on any atom is -0.479 e. The van der Waals surface area contributed by atoms with Gasteiger partial charge in [-0.1, -0.05) is 12.1 Å². The second-order valence-electron chi connectivity index (χ2n) is 8.09. The Labute approximate surface area is 201 Å². The van der Waals surface area contributed by atoms with Gasteiger partial charge >= 0.3 is 11.9 Å². The quantitative estimate of drug-likeness (QED) is 0.242. The molecule has 1 saturated heterocycles. The molecule has 3 heterocycles. The second-order valence-corrected chi connectivity index (χ2v) is 8.43. The van der Waals surface area contributed by atoms with E-state index in [0.717, 1.165) is 12.1 Å². The van der Waals surface area contributed by atoms with Gasteiger partial charge in [0.2, 0.25) is 5.28 Å². The Kier molecular flexibility index (Phi) is 6.71. The summed E-state index contributed by atoms with van der Waals surface area (Å²) in [4.78, 5) is 35.9. The second kappa shape index (κ2) is 9.43. The molecule has 1 aromatic heterocycles. The van der Waals surface area contributed by atoms with Gasteiger partial charge in [0, 0.05) is 12.6 Å². The lowest BCUT2D eigenvalue weighted by atomic mass is 9.93. The molecule has 0 amide bonds. The highest BCUT2D eigenvalue weighted by Gasteiger charge is 2.52. The number of aliphatic hydroxyl groups excluding tert-OH is 2. The summed E-state index contributed by atoms with van der Waals surface area (Å²) in [5, 5.41) is 40.4. The van der Waals surface area contributed by atoms with Crippen molar-refractivity contribution in [1.82, 2.24) is 9.97 Å². The SMILES string of the molecule is Nc1nc(Cl)nc2c1N=CC2[C@@H]1O[C@H](COC(Cc2ccc(F)cc2)(C(=O)O)C(=O)O)[C@@H](O)[C@H]1O. The van der Waals surface area contributed by atoms with Crippen molar-refractivity contribution in [2.75, 3.05) is 12.3 Å². The van der Waals surface area contributed by atoms with Gasteiger partial charge < -0.3 is 35.6 Å². The first-order valence-electron chi connectivity index (χ1n) is 10.3. The first-order chi connectivity index (χ1) is 16.5. The van der Waals surface area contributed by atoms with Crippen LogP contribution in [0.4, 0.5) is 15.9 Å².